The van der Waals surface area contributed by atoms with Crippen molar-refractivity contribution in [2.75, 3.05) is 18.6 Å². The van der Waals surface area contributed by atoms with Gasteiger partial charge in [0.05, 0.1) is 12.0 Å². The second-order valence-corrected chi connectivity index (χ2v) is 13.1. The zero-order chi connectivity index (χ0) is 27.3. The highest BCUT2D eigenvalue weighted by Crippen LogP contribution is 2.36. The Morgan fingerprint density at radius 3 is 2.18 bits per heavy atom. The monoisotopic (exact) mass is 555 g/mol. The minimum absolute atomic E-state index is 0.0263. The summed E-state index contributed by atoms with van der Waals surface area (Å²) in [7, 11) is -3.84. The van der Waals surface area contributed by atoms with Gasteiger partial charge in [0, 0.05) is 34.3 Å². The van der Waals surface area contributed by atoms with Crippen molar-refractivity contribution >= 4 is 32.5 Å². The number of benzene rings is 3. The summed E-state index contributed by atoms with van der Waals surface area (Å²) in [5.74, 6) is -1.37. The van der Waals surface area contributed by atoms with E-state index in [-0.39, 0.29) is 35.7 Å². The summed E-state index contributed by atoms with van der Waals surface area (Å²) in [5, 5.41) is 12.4. The van der Waals surface area contributed by atoms with E-state index in [0.29, 0.717) is 11.3 Å². The molecule has 0 radical (unpaired) electrons. The largest absolute Gasteiger partial charge is 0.496 e. The fraction of sp³-hybridized carbons (Fsp3) is 0.286. The molecule has 1 saturated heterocycles. The molecular weight excluding hydrogens is 526 g/mol. The van der Waals surface area contributed by atoms with Crippen LogP contribution in [0.4, 0.5) is 0 Å². The molecule has 1 amide bonds. The molecule has 38 heavy (non-hydrogen) atoms. The van der Waals surface area contributed by atoms with Crippen molar-refractivity contribution in [2.45, 2.75) is 34.9 Å². The van der Waals surface area contributed by atoms with Gasteiger partial charge >= 0.3 is 5.97 Å². The third-order valence-electron chi connectivity index (χ3n) is 6.86. The van der Waals surface area contributed by atoms with E-state index in [9.17, 15) is 27.3 Å². The van der Waals surface area contributed by atoms with Crippen LogP contribution in [0, 0.1) is 0 Å². The first-order chi connectivity index (χ1) is 18.2. The second kappa shape index (κ2) is 11.5. The number of carboxylic acids is 1. The maximum absolute atomic E-state index is 13.7. The Morgan fingerprint density at radius 2 is 1.58 bits per heavy atom. The van der Waals surface area contributed by atoms with Crippen molar-refractivity contribution in [3.63, 3.8) is 0 Å². The summed E-state index contributed by atoms with van der Waals surface area (Å²) in [6, 6.07) is 21.0. The normalized spacial score (nSPS) is 20.3. The molecule has 10 heteroatoms. The number of rotatable bonds is 9. The van der Waals surface area contributed by atoms with Crippen LogP contribution in [0.2, 0.25) is 0 Å². The van der Waals surface area contributed by atoms with Gasteiger partial charge in [0.1, 0.15) is 11.8 Å². The number of hydrogen-bond acceptors (Lipinski definition) is 6. The number of methoxy groups -OCH3 is 1. The minimum Gasteiger partial charge on any atom is -0.496 e. The fourth-order valence-electron chi connectivity index (χ4n) is 4.66. The van der Waals surface area contributed by atoms with Crippen LogP contribution in [-0.2, 0) is 36.6 Å². The van der Waals surface area contributed by atoms with Gasteiger partial charge in [-0.3, -0.25) is 9.00 Å². The zero-order valence-electron chi connectivity index (χ0n) is 20.8. The average Bonchev–Trinajstić information content (AvgIpc) is 2.93. The van der Waals surface area contributed by atoms with E-state index in [2.05, 4.69) is 5.32 Å². The van der Waals surface area contributed by atoms with Crippen LogP contribution < -0.4 is 10.1 Å². The molecule has 1 aliphatic heterocycles. The second-order valence-electron chi connectivity index (χ2n) is 9.12. The number of aliphatic carboxylic acids is 1. The molecule has 0 spiro atoms. The Bertz CT molecular complexity index is 1430. The number of carbonyl (C=O) groups is 2. The van der Waals surface area contributed by atoms with Gasteiger partial charge in [-0.25, -0.2) is 13.2 Å². The van der Waals surface area contributed by atoms with Crippen LogP contribution >= 0.6 is 0 Å². The number of hydrogen-bond donors (Lipinski definition) is 2. The van der Waals surface area contributed by atoms with Gasteiger partial charge in [-0.05, 0) is 42.2 Å². The van der Waals surface area contributed by atoms with Crippen molar-refractivity contribution < 1.29 is 32.1 Å². The van der Waals surface area contributed by atoms with E-state index in [1.54, 1.807) is 37.4 Å². The van der Waals surface area contributed by atoms with E-state index in [4.69, 9.17) is 4.74 Å². The smallest absolute Gasteiger partial charge is 0.326 e. The number of sulfone groups is 1. The number of carbonyl (C=O) groups excluding carboxylic acids is 1. The summed E-state index contributed by atoms with van der Waals surface area (Å²) in [4.78, 5) is 25.7. The summed E-state index contributed by atoms with van der Waals surface area (Å²) < 4.78 is 42.9. The van der Waals surface area contributed by atoms with Crippen molar-refractivity contribution in [1.82, 2.24) is 5.32 Å². The molecule has 1 atom stereocenters. The lowest BCUT2D eigenvalue weighted by Crippen LogP contribution is -2.59. The van der Waals surface area contributed by atoms with Gasteiger partial charge in [-0.15, -0.1) is 0 Å². The standard InChI is InChI=1S/C28H29NO7S2/c1-36-25-10-6-5-9-23(25)21-13-11-20(12-14-21)19-24(26(30)31)29-27(32)28(15-17-37(33)18-16-28)38(34,35)22-7-3-2-4-8-22/h2-14,24H,15-19H2,1H3,(H,29,32)(H,30,31)/t24-,28?,37?/m0/s1. The predicted octanol–water partition coefficient (Wildman–Crippen LogP) is 3.23. The highest BCUT2D eigenvalue weighted by Gasteiger charge is 2.53. The Morgan fingerprint density at radius 1 is 0.974 bits per heavy atom. The highest BCUT2D eigenvalue weighted by atomic mass is 32.2. The molecule has 8 nitrogen and oxygen atoms in total. The zero-order valence-corrected chi connectivity index (χ0v) is 22.5. The topological polar surface area (TPSA) is 127 Å². The lowest BCUT2D eigenvalue weighted by Gasteiger charge is -2.35. The lowest BCUT2D eigenvalue weighted by molar-refractivity contribution is -0.142. The maximum Gasteiger partial charge on any atom is 0.326 e. The van der Waals surface area contributed by atoms with Crippen molar-refractivity contribution in [3.8, 4) is 16.9 Å². The SMILES string of the molecule is COc1ccccc1-c1ccc(C[C@H](NC(=O)C2(S(=O)(=O)c3ccccc3)CCS(=O)CC2)C(=O)O)cc1. The van der Waals surface area contributed by atoms with E-state index in [0.717, 1.165) is 11.1 Å². The molecule has 1 fully saturated rings. The van der Waals surface area contributed by atoms with Gasteiger partial charge in [-0.2, -0.15) is 0 Å². The molecule has 0 saturated carbocycles. The highest BCUT2D eigenvalue weighted by molar-refractivity contribution is 7.94. The summed E-state index contributed by atoms with van der Waals surface area (Å²) in [6.07, 6.45) is -0.341. The van der Waals surface area contributed by atoms with Crippen molar-refractivity contribution in [3.05, 3.63) is 84.4 Å². The fourth-order valence-corrected chi connectivity index (χ4v) is 8.28. The third kappa shape index (κ3) is 5.51. The van der Waals surface area contributed by atoms with E-state index in [1.807, 2.05) is 36.4 Å². The molecule has 0 aliphatic carbocycles. The Hall–Kier alpha value is -3.50. The summed E-state index contributed by atoms with van der Waals surface area (Å²) >= 11 is 0. The molecule has 200 valence electrons. The van der Waals surface area contributed by atoms with Gasteiger partial charge in [0.25, 0.3) is 0 Å². The molecular formula is C28H29NO7S2. The molecule has 3 aromatic rings. The average molecular weight is 556 g/mol. The van der Waals surface area contributed by atoms with E-state index in [1.165, 1.54) is 12.1 Å². The predicted molar refractivity (Wildman–Crippen MR) is 145 cm³/mol. The van der Waals surface area contributed by atoms with Crippen LogP contribution in [0.3, 0.4) is 0 Å². The quantitative estimate of drug-likeness (QED) is 0.415. The van der Waals surface area contributed by atoms with E-state index < -0.39 is 43.3 Å². The van der Waals surface area contributed by atoms with Crippen molar-refractivity contribution in [1.29, 1.82) is 0 Å². The lowest BCUT2D eigenvalue weighted by atomic mass is 9.97. The first-order valence-corrected chi connectivity index (χ1v) is 15.1. The Kier molecular flexibility index (Phi) is 8.32. The van der Waals surface area contributed by atoms with Crippen LogP contribution in [0.15, 0.2) is 83.8 Å². The van der Waals surface area contributed by atoms with Crippen LogP contribution in [-0.4, -0.2) is 59.0 Å². The minimum atomic E-state index is -4.18. The maximum atomic E-state index is 13.7. The Balaban J connectivity index is 1.58. The third-order valence-corrected chi connectivity index (χ3v) is 10.7. The molecule has 4 rings (SSSR count). The number of carboxylic acid groups (broad SMARTS) is 1. The molecule has 1 aliphatic rings. The molecule has 0 bridgehead atoms. The number of nitrogens with one attached hydrogen (secondary N) is 1. The number of amides is 1. The molecule has 1 heterocycles. The van der Waals surface area contributed by atoms with Gasteiger partial charge < -0.3 is 15.2 Å². The Labute approximate surface area is 224 Å². The van der Waals surface area contributed by atoms with Gasteiger partial charge in [0.15, 0.2) is 14.6 Å². The van der Waals surface area contributed by atoms with Crippen molar-refractivity contribution in [2.24, 2.45) is 0 Å². The van der Waals surface area contributed by atoms with Crippen LogP contribution in [0.25, 0.3) is 11.1 Å². The first-order valence-electron chi connectivity index (χ1n) is 12.1. The van der Waals surface area contributed by atoms with E-state index >= 15 is 0 Å². The molecule has 0 unspecified atom stereocenters. The number of para-hydroxylation sites is 1. The molecule has 2 N–H and O–H groups in total. The van der Waals surface area contributed by atoms with Crippen LogP contribution in [0.5, 0.6) is 5.75 Å². The summed E-state index contributed by atoms with van der Waals surface area (Å²) in [5.41, 5.74) is 2.42. The molecule has 0 aromatic heterocycles. The molecule has 3 aromatic carbocycles. The number of ether oxygens (including phenoxy) is 1. The van der Waals surface area contributed by atoms with Gasteiger partial charge in [0.2, 0.25) is 5.91 Å². The van der Waals surface area contributed by atoms with Crippen LogP contribution in [0.1, 0.15) is 18.4 Å². The van der Waals surface area contributed by atoms with Gasteiger partial charge in [-0.1, -0.05) is 60.7 Å². The summed E-state index contributed by atoms with van der Waals surface area (Å²) in [6.45, 7) is 0. The first kappa shape index (κ1) is 27.5.